The number of hydrogen-bond donors (Lipinski definition) is 3. The number of nitrogens with one attached hydrogen (secondary N) is 1. The number of hydrogen-bond acceptors (Lipinski definition) is 7. The molecule has 0 spiro atoms. The van der Waals surface area contributed by atoms with Gasteiger partial charge in [-0.05, 0) is 42.3 Å². The van der Waals surface area contributed by atoms with Gasteiger partial charge < -0.3 is 29.0 Å². The van der Waals surface area contributed by atoms with Crippen LogP contribution in [0.1, 0.15) is 37.3 Å². The van der Waals surface area contributed by atoms with Crippen molar-refractivity contribution in [3.8, 4) is 23.0 Å². The second kappa shape index (κ2) is 9.21. The summed E-state index contributed by atoms with van der Waals surface area (Å²) in [6, 6.07) is 11.1. The first-order valence-electron chi connectivity index (χ1n) is 10.7. The molecule has 0 bridgehead atoms. The summed E-state index contributed by atoms with van der Waals surface area (Å²) in [6.45, 7) is 4.45. The lowest BCUT2D eigenvalue weighted by Gasteiger charge is -2.32. The van der Waals surface area contributed by atoms with E-state index in [1.807, 2.05) is 43.0 Å². The maximum Gasteiger partial charge on any atom is 0.304 e. The van der Waals surface area contributed by atoms with Gasteiger partial charge in [0.2, 0.25) is 13.0 Å². The zero-order valence-corrected chi connectivity index (χ0v) is 19.1. The second-order valence-electron chi connectivity index (χ2n) is 8.17. The smallest absolute Gasteiger partial charge is 0.304 e. The Kier molecular flexibility index (Phi) is 6.35. The Morgan fingerprint density at radius 3 is 2.55 bits per heavy atom. The summed E-state index contributed by atoms with van der Waals surface area (Å²) in [7, 11) is 3.08. The molecule has 0 radical (unpaired) electrons. The summed E-state index contributed by atoms with van der Waals surface area (Å²) in [5.41, 5.74) is 3.35. The number of hydroxylamine groups is 2. The topological polar surface area (TPSA) is 102 Å². The van der Waals surface area contributed by atoms with E-state index in [0.717, 1.165) is 22.5 Å². The van der Waals surface area contributed by atoms with E-state index in [0.29, 0.717) is 29.5 Å². The Hall–Kier alpha value is -3.43. The van der Waals surface area contributed by atoms with Crippen molar-refractivity contribution < 1.29 is 39.1 Å². The highest BCUT2D eigenvalue weighted by atomic mass is 16.7. The highest BCUT2D eigenvalue weighted by Gasteiger charge is 2.46. The molecule has 4 rings (SSSR count). The lowest BCUT2D eigenvalue weighted by atomic mass is 9.91. The highest BCUT2D eigenvalue weighted by molar-refractivity contribution is 5.68. The van der Waals surface area contributed by atoms with Crippen LogP contribution in [0.25, 0.3) is 0 Å². The number of carbonyl (C=O) groups is 1. The molecule has 0 aliphatic carbocycles. The summed E-state index contributed by atoms with van der Waals surface area (Å²) in [5, 5.41) is 21.0. The number of carboxylic acids is 1. The standard InChI is InChI=1S/C24H28N2O7/c1-14-15(2)26(29)24(25(14)12-16-5-7-20-22(9-16)33-13-32-20)18(11-23(27)28)17-6-8-19(30-3)21(10-17)31-4/h5-10,18,24,29H,11-13H2,1-4H3,(H,27,28)/p+1. The first kappa shape index (κ1) is 22.8. The van der Waals surface area contributed by atoms with Gasteiger partial charge in [0.15, 0.2) is 28.7 Å². The van der Waals surface area contributed by atoms with Crippen LogP contribution < -0.4 is 24.0 Å². The van der Waals surface area contributed by atoms with Crippen molar-refractivity contribution in [2.75, 3.05) is 21.0 Å². The summed E-state index contributed by atoms with van der Waals surface area (Å²) in [4.78, 5) is 13.9. The molecule has 9 heteroatoms. The molecule has 2 aliphatic heterocycles. The summed E-state index contributed by atoms with van der Waals surface area (Å²) < 4.78 is 21.7. The van der Waals surface area contributed by atoms with Gasteiger partial charge in [-0.1, -0.05) is 12.1 Å². The van der Waals surface area contributed by atoms with Gasteiger partial charge >= 0.3 is 5.97 Å². The normalized spacial score (nSPS) is 20.2. The van der Waals surface area contributed by atoms with E-state index in [1.54, 1.807) is 19.2 Å². The maximum absolute atomic E-state index is 11.9. The fourth-order valence-electron chi connectivity index (χ4n) is 4.52. The van der Waals surface area contributed by atoms with Crippen LogP contribution in [-0.4, -0.2) is 48.4 Å². The Labute approximate surface area is 192 Å². The van der Waals surface area contributed by atoms with Gasteiger partial charge in [-0.15, -0.1) is 5.06 Å². The minimum Gasteiger partial charge on any atom is -0.493 e. The van der Waals surface area contributed by atoms with Crippen LogP contribution in [0.15, 0.2) is 47.8 Å². The zero-order valence-electron chi connectivity index (χ0n) is 19.1. The van der Waals surface area contributed by atoms with Crippen LogP contribution in [0.3, 0.4) is 0 Å². The van der Waals surface area contributed by atoms with Crippen LogP contribution in [0.5, 0.6) is 23.0 Å². The van der Waals surface area contributed by atoms with Crippen molar-refractivity contribution in [1.29, 1.82) is 0 Å². The van der Waals surface area contributed by atoms with Gasteiger partial charge in [-0.25, -0.2) is 5.21 Å². The molecule has 2 aromatic rings. The lowest BCUT2D eigenvalue weighted by Crippen LogP contribution is -3.12. The predicted octanol–water partition coefficient (Wildman–Crippen LogP) is 2.36. The van der Waals surface area contributed by atoms with Gasteiger partial charge in [0, 0.05) is 13.5 Å². The summed E-state index contributed by atoms with van der Waals surface area (Å²) >= 11 is 0. The van der Waals surface area contributed by atoms with E-state index in [4.69, 9.17) is 18.9 Å². The average molecular weight is 458 g/mol. The van der Waals surface area contributed by atoms with E-state index >= 15 is 0 Å². The average Bonchev–Trinajstić information content (AvgIpc) is 3.36. The largest absolute Gasteiger partial charge is 0.493 e. The third kappa shape index (κ3) is 4.29. The molecule has 33 heavy (non-hydrogen) atoms. The fourth-order valence-corrected chi connectivity index (χ4v) is 4.52. The molecule has 0 amide bonds. The number of quaternary nitrogens is 1. The zero-order chi connectivity index (χ0) is 23.7. The van der Waals surface area contributed by atoms with E-state index in [9.17, 15) is 15.1 Å². The second-order valence-corrected chi connectivity index (χ2v) is 8.17. The number of allylic oxidation sites excluding steroid dienone is 2. The Morgan fingerprint density at radius 1 is 1.12 bits per heavy atom. The van der Waals surface area contributed by atoms with E-state index in [1.165, 1.54) is 7.11 Å². The molecule has 2 aliphatic rings. The first-order chi connectivity index (χ1) is 15.8. The number of nitrogens with zero attached hydrogens (tertiary/aromatic N) is 1. The Bertz CT molecular complexity index is 1080. The molecule has 3 unspecified atom stereocenters. The van der Waals surface area contributed by atoms with Crippen LogP contribution >= 0.6 is 0 Å². The number of benzene rings is 2. The molecule has 3 atom stereocenters. The quantitative estimate of drug-likeness (QED) is 0.555. The fraction of sp³-hybridized carbons (Fsp3) is 0.375. The van der Waals surface area contributed by atoms with Gasteiger partial charge in [0.05, 0.1) is 32.3 Å². The van der Waals surface area contributed by atoms with E-state index in [-0.39, 0.29) is 18.3 Å². The first-order valence-corrected chi connectivity index (χ1v) is 10.7. The maximum atomic E-state index is 11.9. The van der Waals surface area contributed by atoms with Crippen molar-refractivity contribution in [1.82, 2.24) is 4.90 Å². The monoisotopic (exact) mass is 457 g/mol. The van der Waals surface area contributed by atoms with Crippen LogP contribution in [0.4, 0.5) is 0 Å². The van der Waals surface area contributed by atoms with Gasteiger partial charge in [0.25, 0.3) is 0 Å². The van der Waals surface area contributed by atoms with Crippen molar-refractivity contribution in [2.24, 2.45) is 0 Å². The third-order valence-corrected chi connectivity index (χ3v) is 6.37. The van der Waals surface area contributed by atoms with E-state index < -0.39 is 18.1 Å². The Balaban J connectivity index is 1.72. The lowest BCUT2D eigenvalue weighted by molar-refractivity contribution is -1.08. The van der Waals surface area contributed by atoms with E-state index in [2.05, 4.69) is 0 Å². The number of methoxy groups -OCH3 is 2. The van der Waals surface area contributed by atoms with Crippen molar-refractivity contribution in [3.05, 3.63) is 58.9 Å². The van der Waals surface area contributed by atoms with Crippen molar-refractivity contribution in [3.63, 3.8) is 0 Å². The van der Waals surface area contributed by atoms with Crippen LogP contribution in [-0.2, 0) is 11.3 Å². The molecule has 3 N–H and O–H groups in total. The molecular weight excluding hydrogens is 428 g/mol. The Morgan fingerprint density at radius 2 is 1.85 bits per heavy atom. The molecule has 0 saturated heterocycles. The highest BCUT2D eigenvalue weighted by Crippen LogP contribution is 2.37. The third-order valence-electron chi connectivity index (χ3n) is 6.37. The minimum atomic E-state index is -0.951. The van der Waals surface area contributed by atoms with Crippen LogP contribution in [0.2, 0.25) is 0 Å². The SMILES string of the molecule is COc1ccc(C(CC(=O)O)C2N(Cc3ccc4c(c3)OCO4)C(C)=C(C)[NH+]2O)cc1OC. The molecule has 2 aromatic carbocycles. The molecule has 176 valence electrons. The number of fused-ring (bicyclic) bond motifs is 1. The van der Waals surface area contributed by atoms with Crippen molar-refractivity contribution >= 4 is 5.97 Å². The predicted molar refractivity (Wildman–Crippen MR) is 118 cm³/mol. The number of aliphatic carboxylic acids is 1. The summed E-state index contributed by atoms with van der Waals surface area (Å²) in [5.74, 6) is 0.959. The molecule has 0 saturated carbocycles. The summed E-state index contributed by atoms with van der Waals surface area (Å²) in [6.07, 6.45) is -0.716. The van der Waals surface area contributed by atoms with Crippen LogP contribution in [0, 0.1) is 0 Å². The van der Waals surface area contributed by atoms with Crippen molar-refractivity contribution in [2.45, 2.75) is 38.9 Å². The number of rotatable bonds is 8. The molecule has 0 fully saturated rings. The molecule has 0 aromatic heterocycles. The molecular formula is C24H29N2O7+. The number of ether oxygens (including phenoxy) is 4. The minimum absolute atomic E-state index is 0.164. The molecule has 9 nitrogen and oxygen atoms in total. The molecule has 2 heterocycles. The van der Waals surface area contributed by atoms with Gasteiger partial charge in [0.1, 0.15) is 0 Å². The number of carboxylic acid groups (broad SMARTS) is 1. The van der Waals surface area contributed by atoms with Gasteiger partial charge in [-0.3, -0.25) is 4.79 Å². The van der Waals surface area contributed by atoms with Gasteiger partial charge in [-0.2, -0.15) is 0 Å².